The summed E-state index contributed by atoms with van der Waals surface area (Å²) in [5, 5.41) is 0. The van der Waals surface area contributed by atoms with Gasteiger partial charge in [0, 0.05) is 39.7 Å². The highest BCUT2D eigenvalue weighted by Gasteiger charge is 2.28. The topological polar surface area (TPSA) is 45.7 Å². The van der Waals surface area contributed by atoms with Crippen LogP contribution in [0.5, 0.6) is 5.75 Å². The van der Waals surface area contributed by atoms with Gasteiger partial charge in [0.05, 0.1) is 6.54 Å². The van der Waals surface area contributed by atoms with Crippen molar-refractivity contribution in [3.05, 3.63) is 54.2 Å². The molecule has 1 aromatic heterocycles. The molecule has 0 N–H and O–H groups in total. The van der Waals surface area contributed by atoms with Crippen LogP contribution in [0.4, 0.5) is 5.82 Å². The molecular weight excluding hydrogens is 314 g/mol. The monoisotopic (exact) mass is 339 g/mol. The fraction of sp³-hybridized carbons (Fsp3) is 0.400. The lowest BCUT2D eigenvalue weighted by atomic mass is 10.1. The Hall–Kier alpha value is -2.56. The first kappa shape index (κ1) is 17.3. The van der Waals surface area contributed by atoms with Gasteiger partial charge in [-0.1, -0.05) is 30.3 Å². The Morgan fingerprint density at radius 3 is 2.80 bits per heavy atom. The smallest absolute Gasteiger partial charge is 0.223 e. The summed E-state index contributed by atoms with van der Waals surface area (Å²) in [4.78, 5) is 20.7. The first-order valence-electron chi connectivity index (χ1n) is 8.74. The van der Waals surface area contributed by atoms with Crippen LogP contribution in [-0.2, 0) is 11.2 Å². The number of likely N-dealkylation sites (tertiary alicyclic amines) is 1. The summed E-state index contributed by atoms with van der Waals surface area (Å²) >= 11 is 0. The summed E-state index contributed by atoms with van der Waals surface area (Å²) in [6, 6.07) is 13.9. The van der Waals surface area contributed by atoms with Crippen LogP contribution in [0.3, 0.4) is 0 Å². The molecule has 2 heterocycles. The van der Waals surface area contributed by atoms with E-state index >= 15 is 0 Å². The van der Waals surface area contributed by atoms with E-state index in [1.807, 2.05) is 54.2 Å². The number of hydrogen-bond donors (Lipinski definition) is 0. The van der Waals surface area contributed by atoms with Crippen LogP contribution >= 0.6 is 0 Å². The minimum Gasteiger partial charge on any atom is -0.485 e. The van der Waals surface area contributed by atoms with Crippen LogP contribution in [0.2, 0.25) is 0 Å². The van der Waals surface area contributed by atoms with Gasteiger partial charge in [-0.15, -0.1) is 0 Å². The number of nitrogens with zero attached hydrogens (tertiary/aromatic N) is 3. The van der Waals surface area contributed by atoms with E-state index in [9.17, 15) is 4.79 Å². The highest BCUT2D eigenvalue weighted by Crippen LogP contribution is 2.26. The van der Waals surface area contributed by atoms with Gasteiger partial charge in [-0.25, -0.2) is 4.98 Å². The van der Waals surface area contributed by atoms with Crippen LogP contribution in [-0.4, -0.2) is 49.1 Å². The van der Waals surface area contributed by atoms with Crippen LogP contribution < -0.4 is 9.64 Å². The fourth-order valence-corrected chi connectivity index (χ4v) is 3.09. The van der Waals surface area contributed by atoms with E-state index in [1.165, 1.54) is 5.56 Å². The van der Waals surface area contributed by atoms with Gasteiger partial charge in [0.25, 0.3) is 0 Å². The molecular formula is C20H25N3O2. The Labute approximate surface area is 149 Å². The maximum absolute atomic E-state index is 12.4. The first-order chi connectivity index (χ1) is 12.1. The Morgan fingerprint density at radius 2 is 2.04 bits per heavy atom. The molecule has 25 heavy (non-hydrogen) atoms. The van der Waals surface area contributed by atoms with E-state index in [-0.39, 0.29) is 12.0 Å². The maximum Gasteiger partial charge on any atom is 0.223 e. The number of amides is 1. The third-order valence-corrected chi connectivity index (χ3v) is 4.44. The summed E-state index contributed by atoms with van der Waals surface area (Å²) in [5.41, 5.74) is 1.20. The molecule has 1 atom stereocenters. The summed E-state index contributed by atoms with van der Waals surface area (Å²) < 4.78 is 6.11. The molecule has 5 nitrogen and oxygen atoms in total. The first-order valence-corrected chi connectivity index (χ1v) is 8.74. The summed E-state index contributed by atoms with van der Waals surface area (Å²) in [6.45, 7) is 1.41. The van der Waals surface area contributed by atoms with E-state index in [4.69, 9.17) is 4.74 Å². The van der Waals surface area contributed by atoms with Gasteiger partial charge >= 0.3 is 0 Å². The zero-order valence-corrected chi connectivity index (χ0v) is 14.9. The molecule has 132 valence electrons. The number of aromatic nitrogens is 1. The Balaban J connectivity index is 1.52. The Bertz CT molecular complexity index is 703. The van der Waals surface area contributed by atoms with Crippen molar-refractivity contribution in [2.24, 2.45) is 0 Å². The van der Waals surface area contributed by atoms with E-state index in [0.717, 1.165) is 31.0 Å². The number of carbonyl (C=O) groups excluding carboxylic acids is 1. The number of anilines is 1. The molecule has 1 amide bonds. The summed E-state index contributed by atoms with van der Waals surface area (Å²) in [5.74, 6) is 1.79. The predicted molar refractivity (Wildman–Crippen MR) is 98.9 cm³/mol. The molecule has 3 rings (SSSR count). The molecule has 1 aliphatic rings. The van der Waals surface area contributed by atoms with Gasteiger partial charge in [-0.05, 0) is 24.1 Å². The minimum absolute atomic E-state index is 0.0311. The molecule has 0 aliphatic carbocycles. The van der Waals surface area contributed by atoms with Crippen molar-refractivity contribution in [1.82, 2.24) is 9.88 Å². The number of rotatable bonds is 6. The zero-order chi connectivity index (χ0) is 17.6. The van der Waals surface area contributed by atoms with Gasteiger partial charge in [0.1, 0.15) is 6.10 Å². The van der Waals surface area contributed by atoms with Crippen LogP contribution in [0.25, 0.3) is 0 Å². The molecule has 0 radical (unpaired) electrons. The Kier molecular flexibility index (Phi) is 5.53. The minimum atomic E-state index is 0.0311. The van der Waals surface area contributed by atoms with E-state index in [0.29, 0.717) is 13.0 Å². The van der Waals surface area contributed by atoms with Gasteiger partial charge < -0.3 is 14.5 Å². The van der Waals surface area contributed by atoms with Crippen molar-refractivity contribution in [2.45, 2.75) is 25.4 Å². The van der Waals surface area contributed by atoms with Crippen molar-refractivity contribution < 1.29 is 9.53 Å². The molecule has 0 saturated carbocycles. The number of ether oxygens (including phenoxy) is 1. The molecule has 1 fully saturated rings. The lowest BCUT2D eigenvalue weighted by Crippen LogP contribution is -2.31. The standard InChI is InChI=1S/C20H25N3O2/c1-22(2)20-18(9-6-13-21-20)25-17-12-14-23(15-17)19(24)11-10-16-7-4-3-5-8-16/h3-9,13,17H,10-12,14-15H2,1-2H3/t17-/m1/s1. The molecule has 1 aliphatic heterocycles. The number of benzene rings is 1. The maximum atomic E-state index is 12.4. The van der Waals surface area contributed by atoms with Crippen molar-refractivity contribution >= 4 is 11.7 Å². The second-order valence-electron chi connectivity index (χ2n) is 6.57. The fourth-order valence-electron chi connectivity index (χ4n) is 3.09. The van der Waals surface area contributed by atoms with Crippen LogP contribution in [0, 0.1) is 0 Å². The molecule has 0 unspecified atom stereocenters. The number of pyridine rings is 1. The number of aryl methyl sites for hydroxylation is 1. The van der Waals surface area contributed by atoms with Gasteiger partial charge in [0.2, 0.25) is 5.91 Å². The largest absolute Gasteiger partial charge is 0.485 e. The van der Waals surface area contributed by atoms with E-state index in [2.05, 4.69) is 17.1 Å². The zero-order valence-electron chi connectivity index (χ0n) is 14.9. The second-order valence-corrected chi connectivity index (χ2v) is 6.57. The third-order valence-electron chi connectivity index (χ3n) is 4.44. The number of carbonyl (C=O) groups is 1. The van der Waals surface area contributed by atoms with E-state index < -0.39 is 0 Å². The molecule has 0 spiro atoms. The molecule has 0 bridgehead atoms. The van der Waals surface area contributed by atoms with Gasteiger partial charge in [0.15, 0.2) is 11.6 Å². The summed E-state index contributed by atoms with van der Waals surface area (Å²) in [6.07, 6.45) is 3.99. The van der Waals surface area contributed by atoms with Gasteiger partial charge in [-0.3, -0.25) is 4.79 Å². The normalized spacial score (nSPS) is 16.7. The predicted octanol–water partition coefficient (Wildman–Crippen LogP) is 2.76. The van der Waals surface area contributed by atoms with Crippen molar-refractivity contribution in [3.8, 4) is 5.75 Å². The lowest BCUT2D eigenvalue weighted by molar-refractivity contribution is -0.130. The molecule has 1 aromatic carbocycles. The van der Waals surface area contributed by atoms with Gasteiger partial charge in [-0.2, -0.15) is 0 Å². The average molecular weight is 339 g/mol. The highest BCUT2D eigenvalue weighted by atomic mass is 16.5. The third kappa shape index (κ3) is 4.50. The molecule has 5 heteroatoms. The molecule has 1 saturated heterocycles. The molecule has 2 aromatic rings. The quantitative estimate of drug-likeness (QED) is 0.812. The number of hydrogen-bond acceptors (Lipinski definition) is 4. The highest BCUT2D eigenvalue weighted by molar-refractivity contribution is 5.76. The van der Waals surface area contributed by atoms with E-state index in [1.54, 1.807) is 6.20 Å². The SMILES string of the molecule is CN(C)c1ncccc1O[C@@H]1CCN(C(=O)CCc2ccccc2)C1. The summed E-state index contributed by atoms with van der Waals surface area (Å²) in [7, 11) is 3.90. The van der Waals surface area contributed by atoms with Crippen molar-refractivity contribution in [2.75, 3.05) is 32.1 Å². The van der Waals surface area contributed by atoms with Crippen LogP contribution in [0.1, 0.15) is 18.4 Å². The second kappa shape index (κ2) is 8.01. The Morgan fingerprint density at radius 1 is 1.24 bits per heavy atom. The van der Waals surface area contributed by atoms with Crippen LogP contribution in [0.15, 0.2) is 48.7 Å². The average Bonchev–Trinajstić information content (AvgIpc) is 3.09. The lowest BCUT2D eigenvalue weighted by Gasteiger charge is -2.20. The van der Waals surface area contributed by atoms with Crippen molar-refractivity contribution in [3.63, 3.8) is 0 Å². The van der Waals surface area contributed by atoms with Crippen molar-refractivity contribution in [1.29, 1.82) is 0 Å².